The zero-order valence-electron chi connectivity index (χ0n) is 68.7. The number of hydrogen-bond acceptors (Lipinski definition) is 14. The Hall–Kier alpha value is -15.5. The third kappa shape index (κ3) is 24.0. The highest BCUT2D eigenvalue weighted by Gasteiger charge is 2.16. The third-order valence-electron chi connectivity index (χ3n) is 17.7. The summed E-state index contributed by atoms with van der Waals surface area (Å²) in [6, 6.07) is 127. The summed E-state index contributed by atoms with van der Waals surface area (Å²) in [5, 5.41) is 1.08. The van der Waals surface area contributed by atoms with E-state index in [1.165, 1.54) is 0 Å². The van der Waals surface area contributed by atoms with Crippen molar-refractivity contribution in [3.05, 3.63) is 426 Å². The lowest BCUT2D eigenvalue weighted by molar-refractivity contribution is 1.07. The number of rotatable bonds is 13. The maximum Gasteiger partial charge on any atom is 0.163 e. The maximum atomic E-state index is 4.83. The summed E-state index contributed by atoms with van der Waals surface area (Å²) in [7, 11) is 0. The van der Waals surface area contributed by atoms with Gasteiger partial charge in [-0.15, -0.1) is 0 Å². The van der Waals surface area contributed by atoms with Crippen LogP contribution < -0.4 is 0 Å². The average Bonchev–Trinajstić information content (AvgIpc) is 0.798. The number of benzene rings is 10. The Morgan fingerprint density at radius 3 is 0.783 bits per heavy atom. The van der Waals surface area contributed by atoms with E-state index in [-0.39, 0.29) is 0 Å². The molecule has 14 heteroatoms. The van der Waals surface area contributed by atoms with Crippen molar-refractivity contribution >= 4 is 10.9 Å². The van der Waals surface area contributed by atoms with E-state index < -0.39 is 0 Å². The Balaban J connectivity index is 0.000000144. The second-order valence-corrected chi connectivity index (χ2v) is 25.3. The molecule has 0 saturated heterocycles. The molecule has 0 spiro atoms. The van der Waals surface area contributed by atoms with Gasteiger partial charge in [-0.2, -0.15) is 0 Å². The number of fused-ring (bicyclic) bond motifs is 1. The van der Waals surface area contributed by atoms with Crippen LogP contribution in [0.2, 0.25) is 0 Å². The molecule has 0 N–H and O–H groups in total. The zero-order chi connectivity index (χ0) is 83.6. The van der Waals surface area contributed by atoms with Crippen molar-refractivity contribution in [2.24, 2.45) is 0 Å². The summed E-state index contributed by atoms with van der Waals surface area (Å²) in [5.41, 5.74) is 21.6. The van der Waals surface area contributed by atoms with Gasteiger partial charge in [0, 0.05) is 98.2 Å². The van der Waals surface area contributed by atoms with Gasteiger partial charge in [-0.3, -0.25) is 19.9 Å². The van der Waals surface area contributed by atoms with Crippen LogP contribution in [0.1, 0.15) is 55.4 Å². The van der Waals surface area contributed by atoms with Crippen molar-refractivity contribution in [3.8, 4) is 147 Å². The molecule has 14 nitrogen and oxygen atoms in total. The molecule has 0 aliphatic rings. The van der Waals surface area contributed by atoms with E-state index in [1.54, 1.807) is 43.5 Å². The number of hydrogen-bond donors (Lipinski definition) is 0. The molecule has 0 atom stereocenters. The molecular formula is C106H94N14. The molecule has 10 aromatic carbocycles. The minimum atomic E-state index is 0.699. The topological polar surface area (TPSA) is 180 Å². The normalized spacial score (nSPS) is 10.0. The maximum absolute atomic E-state index is 4.83. The molecule has 588 valence electrons. The average molecular weight is 1560 g/mol. The van der Waals surface area contributed by atoms with Gasteiger partial charge in [0.15, 0.2) is 29.1 Å². The second-order valence-electron chi connectivity index (χ2n) is 25.3. The van der Waals surface area contributed by atoms with E-state index in [2.05, 4.69) is 108 Å². The summed E-state index contributed by atoms with van der Waals surface area (Å²) >= 11 is 0. The fraction of sp³-hybridized carbons (Fsp3) is 0.0755. The van der Waals surface area contributed by atoms with Crippen molar-refractivity contribution in [1.82, 2.24) is 69.8 Å². The molecular weight excluding hydrogens is 1470 g/mol. The van der Waals surface area contributed by atoms with Crippen molar-refractivity contribution in [1.29, 1.82) is 0 Å². The van der Waals surface area contributed by atoms with E-state index in [0.717, 1.165) is 141 Å². The molecule has 0 aliphatic carbocycles. The highest BCUT2D eigenvalue weighted by Crippen LogP contribution is 2.33. The van der Waals surface area contributed by atoms with E-state index in [1.807, 2.05) is 365 Å². The van der Waals surface area contributed by atoms with Crippen LogP contribution in [-0.2, 0) is 0 Å². The molecule has 19 rings (SSSR count). The van der Waals surface area contributed by atoms with Gasteiger partial charge in [0.05, 0.1) is 56.8 Å². The van der Waals surface area contributed by atoms with Crippen LogP contribution >= 0.6 is 0 Å². The molecule has 0 radical (unpaired) electrons. The van der Waals surface area contributed by atoms with E-state index in [4.69, 9.17) is 34.9 Å². The van der Waals surface area contributed by atoms with Crippen LogP contribution in [0, 0.1) is 0 Å². The van der Waals surface area contributed by atoms with Gasteiger partial charge in [0.25, 0.3) is 0 Å². The lowest BCUT2D eigenvalue weighted by atomic mass is 10.0. The molecule has 0 aliphatic heterocycles. The molecule has 19 aromatic rings. The molecule has 0 bridgehead atoms. The minimum Gasteiger partial charge on any atom is -0.265 e. The lowest BCUT2D eigenvalue weighted by Crippen LogP contribution is -1.95. The van der Waals surface area contributed by atoms with Crippen molar-refractivity contribution in [2.75, 3.05) is 0 Å². The molecule has 120 heavy (non-hydrogen) atoms. The van der Waals surface area contributed by atoms with Crippen LogP contribution in [0.4, 0.5) is 0 Å². The summed E-state index contributed by atoms with van der Waals surface area (Å²) in [5.74, 6) is 3.61. The minimum absolute atomic E-state index is 0.699. The summed E-state index contributed by atoms with van der Waals surface area (Å²) in [6.07, 6.45) is 12.2. The van der Waals surface area contributed by atoms with Gasteiger partial charge >= 0.3 is 0 Å². The Bertz CT molecular complexity index is 5270. The molecule has 0 saturated carbocycles. The first-order valence-electron chi connectivity index (χ1n) is 40.4. The first-order chi connectivity index (χ1) is 59.5. The van der Waals surface area contributed by atoms with Crippen molar-refractivity contribution in [3.63, 3.8) is 0 Å². The van der Waals surface area contributed by atoms with Gasteiger partial charge in [-0.05, 0) is 90.0 Å². The lowest BCUT2D eigenvalue weighted by Gasteiger charge is -2.09. The molecule has 0 amide bonds. The highest BCUT2D eigenvalue weighted by molar-refractivity contribution is 5.93. The summed E-state index contributed by atoms with van der Waals surface area (Å²) in [6.45, 7) is 16.0. The predicted molar refractivity (Wildman–Crippen MR) is 495 cm³/mol. The Labute approximate surface area is 704 Å². The SMILES string of the molecule is CC.CC.CC.CC.c1ccc(-c2cc(-c3ccccc3)nc(-c3ccccc3)n2)cc1.c1ccc(-c2cc(-c3ccccn3)nc(-c3ccccn3)c2)cc1.c1ccc(-c2nc(-c3ccccc3)c3ccccc3n2)cc1.c1ccc(-c2nc(-c3ccncc3)cc(-c3ccncc3)n2)cc1.c1ccc(-c2ncnc(-c3ccccc3)n2)cc1. The van der Waals surface area contributed by atoms with Crippen LogP contribution in [0.3, 0.4) is 0 Å². The monoisotopic (exact) mass is 1560 g/mol. The van der Waals surface area contributed by atoms with Crippen LogP contribution in [0.5, 0.6) is 0 Å². The largest absolute Gasteiger partial charge is 0.265 e. The van der Waals surface area contributed by atoms with Crippen LogP contribution in [0.15, 0.2) is 426 Å². The molecule has 0 unspecified atom stereocenters. The third-order valence-corrected chi connectivity index (χ3v) is 17.7. The molecule has 9 heterocycles. The van der Waals surface area contributed by atoms with Gasteiger partial charge < -0.3 is 0 Å². The Morgan fingerprint density at radius 2 is 0.442 bits per heavy atom. The number of aromatic nitrogens is 14. The predicted octanol–water partition coefficient (Wildman–Crippen LogP) is 26.9. The smallest absolute Gasteiger partial charge is 0.163 e. The van der Waals surface area contributed by atoms with Crippen LogP contribution in [-0.4, -0.2) is 69.8 Å². The van der Waals surface area contributed by atoms with E-state index in [9.17, 15) is 0 Å². The number of pyridine rings is 5. The van der Waals surface area contributed by atoms with Crippen LogP contribution in [0.25, 0.3) is 158 Å². The van der Waals surface area contributed by atoms with Gasteiger partial charge in [0.2, 0.25) is 0 Å². The van der Waals surface area contributed by atoms with Crippen molar-refractivity contribution in [2.45, 2.75) is 55.4 Å². The number of nitrogens with zero attached hydrogens (tertiary/aromatic N) is 14. The second kappa shape index (κ2) is 46.7. The number of para-hydroxylation sites is 1. The van der Waals surface area contributed by atoms with E-state index in [0.29, 0.717) is 17.5 Å². The highest BCUT2D eigenvalue weighted by atomic mass is 15.0. The standard InChI is InChI=1S/C22H16N2.C21H15N3.C20H14N4.C20H14N2.C15H11N3.4C2H6/c1-4-10-17(11-5-1)20-16-21(18-12-6-2-7-13-18)24-22(23-20)19-14-8-3-9-15-19;1-2-8-16(9-3-1)17-14-20(18-10-4-6-12-22-18)24-21(15-17)19-11-5-7-13-23-19;1-2-4-17(5-3-1)20-23-18(15-6-10-21-11-7-15)14-19(24-20)16-8-12-22-13-9-16;1-3-9-15(10-4-1)19-17-13-7-8-14-18(17)21-20(22-19)16-11-5-2-6-12-16;1-3-7-12(8-4-1)14-16-11-17-15(18-14)13-9-5-2-6-10-13;4*1-2/h1-16H;1-15H;1-14H;1-14H;1-11H;4*1-2H3. The van der Waals surface area contributed by atoms with Crippen molar-refractivity contribution < 1.29 is 0 Å². The first-order valence-corrected chi connectivity index (χ1v) is 40.4. The Kier molecular flexibility index (Phi) is 33.2. The molecule has 0 fully saturated rings. The van der Waals surface area contributed by atoms with Gasteiger partial charge in [0.1, 0.15) is 6.33 Å². The zero-order valence-corrected chi connectivity index (χ0v) is 68.7. The Morgan fingerprint density at radius 1 is 0.158 bits per heavy atom. The van der Waals surface area contributed by atoms with Gasteiger partial charge in [-0.25, -0.2) is 49.8 Å². The summed E-state index contributed by atoms with van der Waals surface area (Å²) in [4.78, 5) is 63.3. The first kappa shape index (κ1) is 85.3. The summed E-state index contributed by atoms with van der Waals surface area (Å²) < 4.78 is 0. The molecule has 9 aromatic heterocycles. The quantitative estimate of drug-likeness (QED) is 0.106. The van der Waals surface area contributed by atoms with Gasteiger partial charge in [-0.1, -0.05) is 359 Å². The fourth-order valence-corrected chi connectivity index (χ4v) is 12.2. The van der Waals surface area contributed by atoms with E-state index >= 15 is 0 Å². The fourth-order valence-electron chi connectivity index (χ4n) is 12.2.